The minimum Gasteiger partial charge on any atom is -0.497 e. The molecule has 0 atom stereocenters. The SMILES string of the molecule is CCOC(=O)c1[nH]c2ccc(OC)cc2c1Sc1ccc(Cl)cc1. The minimum absolute atomic E-state index is 0.322. The van der Waals surface area contributed by atoms with Crippen molar-refractivity contribution in [1.29, 1.82) is 0 Å². The van der Waals surface area contributed by atoms with E-state index in [-0.39, 0.29) is 5.97 Å². The van der Waals surface area contributed by atoms with Gasteiger partial charge in [-0.2, -0.15) is 0 Å². The number of carbonyl (C=O) groups excluding carboxylic acids is 1. The van der Waals surface area contributed by atoms with Gasteiger partial charge in [0, 0.05) is 20.8 Å². The average molecular weight is 362 g/mol. The highest BCUT2D eigenvalue weighted by Gasteiger charge is 2.20. The molecule has 0 bridgehead atoms. The van der Waals surface area contributed by atoms with Gasteiger partial charge in [-0.1, -0.05) is 23.4 Å². The van der Waals surface area contributed by atoms with Crippen molar-refractivity contribution in [3.8, 4) is 5.75 Å². The van der Waals surface area contributed by atoms with Gasteiger partial charge in [0.25, 0.3) is 0 Å². The first-order chi connectivity index (χ1) is 11.6. The Balaban J connectivity index is 2.11. The van der Waals surface area contributed by atoms with Crippen LogP contribution in [0.3, 0.4) is 0 Å². The van der Waals surface area contributed by atoms with Gasteiger partial charge in [-0.25, -0.2) is 4.79 Å². The number of hydrogen-bond acceptors (Lipinski definition) is 4. The number of methoxy groups -OCH3 is 1. The molecule has 0 unspecified atom stereocenters. The van der Waals surface area contributed by atoms with Crippen molar-refractivity contribution < 1.29 is 14.3 Å². The molecule has 1 aromatic heterocycles. The fourth-order valence-electron chi connectivity index (χ4n) is 2.35. The predicted molar refractivity (Wildman–Crippen MR) is 96.4 cm³/mol. The van der Waals surface area contributed by atoms with Crippen molar-refractivity contribution in [2.24, 2.45) is 0 Å². The van der Waals surface area contributed by atoms with E-state index in [1.165, 1.54) is 11.8 Å². The Kier molecular flexibility index (Phi) is 5.02. The molecule has 1 heterocycles. The van der Waals surface area contributed by atoms with Crippen LogP contribution in [0, 0.1) is 0 Å². The van der Waals surface area contributed by atoms with Crippen LogP contribution in [0.4, 0.5) is 0 Å². The Morgan fingerprint density at radius 3 is 2.62 bits per heavy atom. The van der Waals surface area contributed by atoms with Gasteiger partial charge < -0.3 is 14.5 Å². The Hall–Kier alpha value is -2.11. The Bertz CT molecular complexity index is 874. The number of aromatic amines is 1. The number of esters is 1. The van der Waals surface area contributed by atoms with Gasteiger partial charge in [0.2, 0.25) is 0 Å². The molecule has 0 aliphatic carbocycles. The summed E-state index contributed by atoms with van der Waals surface area (Å²) in [7, 11) is 1.62. The molecule has 124 valence electrons. The number of aromatic nitrogens is 1. The second kappa shape index (κ2) is 7.20. The highest BCUT2D eigenvalue weighted by Crippen LogP contribution is 2.38. The molecule has 0 radical (unpaired) electrons. The van der Waals surface area contributed by atoms with E-state index in [0.29, 0.717) is 17.3 Å². The fourth-order valence-corrected chi connectivity index (χ4v) is 3.50. The maximum Gasteiger partial charge on any atom is 0.355 e. The molecule has 0 aliphatic rings. The number of hydrogen-bond donors (Lipinski definition) is 1. The lowest BCUT2D eigenvalue weighted by atomic mass is 10.2. The van der Waals surface area contributed by atoms with E-state index in [9.17, 15) is 4.79 Å². The van der Waals surface area contributed by atoms with Gasteiger partial charge in [0.1, 0.15) is 11.4 Å². The van der Waals surface area contributed by atoms with Crippen LogP contribution in [-0.2, 0) is 4.74 Å². The molecule has 24 heavy (non-hydrogen) atoms. The van der Waals surface area contributed by atoms with Gasteiger partial charge >= 0.3 is 5.97 Å². The molecule has 6 heteroatoms. The summed E-state index contributed by atoms with van der Waals surface area (Å²) < 4.78 is 10.5. The van der Waals surface area contributed by atoms with Crippen molar-refractivity contribution in [2.75, 3.05) is 13.7 Å². The molecule has 2 aromatic carbocycles. The molecule has 3 rings (SSSR count). The minimum atomic E-state index is -0.371. The van der Waals surface area contributed by atoms with Crippen LogP contribution in [0.15, 0.2) is 52.3 Å². The first kappa shape index (κ1) is 16.7. The normalized spacial score (nSPS) is 10.8. The summed E-state index contributed by atoms with van der Waals surface area (Å²) in [4.78, 5) is 17.3. The number of rotatable bonds is 5. The van der Waals surface area contributed by atoms with E-state index >= 15 is 0 Å². The molecule has 1 N–H and O–H groups in total. The van der Waals surface area contributed by atoms with Crippen molar-refractivity contribution >= 4 is 40.2 Å². The van der Waals surface area contributed by atoms with E-state index in [2.05, 4.69) is 4.98 Å². The number of halogens is 1. The van der Waals surface area contributed by atoms with Crippen LogP contribution in [0.2, 0.25) is 5.02 Å². The fraction of sp³-hybridized carbons (Fsp3) is 0.167. The van der Waals surface area contributed by atoms with Gasteiger partial charge in [-0.3, -0.25) is 0 Å². The third-order valence-corrected chi connectivity index (χ3v) is 4.86. The topological polar surface area (TPSA) is 51.3 Å². The smallest absolute Gasteiger partial charge is 0.355 e. The third-order valence-electron chi connectivity index (χ3n) is 3.47. The highest BCUT2D eigenvalue weighted by atomic mass is 35.5. The van der Waals surface area contributed by atoms with Crippen molar-refractivity contribution in [2.45, 2.75) is 16.7 Å². The molecule has 0 amide bonds. The van der Waals surface area contributed by atoms with Crippen LogP contribution >= 0.6 is 23.4 Å². The second-order valence-corrected chi connectivity index (χ2v) is 6.54. The summed E-state index contributed by atoms with van der Waals surface area (Å²) in [5.74, 6) is 0.360. The maximum absolute atomic E-state index is 12.3. The van der Waals surface area contributed by atoms with E-state index in [1.807, 2.05) is 42.5 Å². The summed E-state index contributed by atoms with van der Waals surface area (Å²) in [5, 5.41) is 1.59. The zero-order valence-electron chi connectivity index (χ0n) is 13.3. The van der Waals surface area contributed by atoms with E-state index in [4.69, 9.17) is 21.1 Å². The van der Waals surface area contributed by atoms with Crippen molar-refractivity contribution in [3.63, 3.8) is 0 Å². The number of benzene rings is 2. The second-order valence-electron chi connectivity index (χ2n) is 5.02. The first-order valence-electron chi connectivity index (χ1n) is 7.42. The molecule has 0 saturated heterocycles. The van der Waals surface area contributed by atoms with Crippen LogP contribution in [0.1, 0.15) is 17.4 Å². The van der Waals surface area contributed by atoms with E-state index in [1.54, 1.807) is 14.0 Å². The molecule has 0 saturated carbocycles. The monoisotopic (exact) mass is 361 g/mol. The quantitative estimate of drug-likeness (QED) is 0.638. The molecule has 0 fully saturated rings. The predicted octanol–water partition coefficient (Wildman–Crippen LogP) is 5.16. The summed E-state index contributed by atoms with van der Waals surface area (Å²) in [6.45, 7) is 2.11. The van der Waals surface area contributed by atoms with Gasteiger partial charge in [0.05, 0.1) is 18.6 Å². The number of carbonyl (C=O) groups is 1. The molecular weight excluding hydrogens is 346 g/mol. The van der Waals surface area contributed by atoms with Crippen LogP contribution in [-0.4, -0.2) is 24.7 Å². The van der Waals surface area contributed by atoms with Crippen molar-refractivity contribution in [1.82, 2.24) is 4.98 Å². The van der Waals surface area contributed by atoms with Crippen LogP contribution < -0.4 is 4.74 Å². The van der Waals surface area contributed by atoms with E-state index in [0.717, 1.165) is 26.4 Å². The lowest BCUT2D eigenvalue weighted by Gasteiger charge is -2.05. The molecule has 3 aromatic rings. The Labute approximate surface area is 149 Å². The van der Waals surface area contributed by atoms with Gasteiger partial charge in [0.15, 0.2) is 0 Å². The molecular formula is C18H16ClNO3S. The van der Waals surface area contributed by atoms with Gasteiger partial charge in [-0.15, -0.1) is 0 Å². The first-order valence-corrected chi connectivity index (χ1v) is 8.62. The van der Waals surface area contributed by atoms with Crippen LogP contribution in [0.5, 0.6) is 5.75 Å². The zero-order chi connectivity index (χ0) is 17.1. The molecule has 4 nitrogen and oxygen atoms in total. The Morgan fingerprint density at radius 1 is 1.21 bits per heavy atom. The number of H-pyrrole nitrogens is 1. The number of nitrogens with one attached hydrogen (secondary N) is 1. The largest absolute Gasteiger partial charge is 0.497 e. The molecule has 0 spiro atoms. The Morgan fingerprint density at radius 2 is 1.96 bits per heavy atom. The zero-order valence-corrected chi connectivity index (χ0v) is 14.8. The lowest BCUT2D eigenvalue weighted by molar-refractivity contribution is 0.0516. The number of ether oxygens (including phenoxy) is 2. The summed E-state index contributed by atoms with van der Waals surface area (Å²) >= 11 is 7.43. The highest BCUT2D eigenvalue weighted by molar-refractivity contribution is 7.99. The van der Waals surface area contributed by atoms with Crippen LogP contribution in [0.25, 0.3) is 10.9 Å². The standard InChI is InChI=1S/C18H16ClNO3S/c1-3-23-18(21)16-17(24-13-7-4-11(19)5-8-13)14-10-12(22-2)6-9-15(14)20-16/h4-10,20H,3H2,1-2H3. The lowest BCUT2D eigenvalue weighted by Crippen LogP contribution is -2.06. The summed E-state index contributed by atoms with van der Waals surface area (Å²) in [6, 6.07) is 13.1. The van der Waals surface area contributed by atoms with Crippen molar-refractivity contribution in [3.05, 3.63) is 53.2 Å². The third kappa shape index (κ3) is 3.37. The summed E-state index contributed by atoms with van der Waals surface area (Å²) in [6.07, 6.45) is 0. The van der Waals surface area contributed by atoms with E-state index < -0.39 is 0 Å². The maximum atomic E-state index is 12.3. The van der Waals surface area contributed by atoms with Gasteiger partial charge in [-0.05, 0) is 49.4 Å². The average Bonchev–Trinajstić information content (AvgIpc) is 2.95. The summed E-state index contributed by atoms with van der Waals surface area (Å²) in [5.41, 5.74) is 1.30. The number of fused-ring (bicyclic) bond motifs is 1. The molecule has 0 aliphatic heterocycles.